The number of benzene rings is 1. The number of piperazine rings is 1. The predicted molar refractivity (Wildman–Crippen MR) is 70.7 cm³/mol. The summed E-state index contributed by atoms with van der Waals surface area (Å²) in [6, 6.07) is 7.98. The molecule has 0 unspecified atom stereocenters. The van der Waals surface area contributed by atoms with Crippen LogP contribution in [0.2, 0.25) is 0 Å². The van der Waals surface area contributed by atoms with E-state index in [9.17, 15) is 9.59 Å². The lowest BCUT2D eigenvalue weighted by Crippen LogP contribution is -2.47. The van der Waals surface area contributed by atoms with E-state index in [0.717, 1.165) is 30.6 Å². The maximum atomic E-state index is 11.4. The molecule has 2 fully saturated rings. The molecule has 1 heterocycles. The first-order valence-electron chi connectivity index (χ1n) is 6.45. The summed E-state index contributed by atoms with van der Waals surface area (Å²) in [5, 5.41) is 2.81. The molecule has 0 radical (unpaired) electrons. The first kappa shape index (κ1) is 11.9. The largest absolute Gasteiger partial charge is 0.360 e. The highest BCUT2D eigenvalue weighted by molar-refractivity contribution is 5.82. The van der Waals surface area contributed by atoms with Gasteiger partial charge in [0, 0.05) is 18.8 Å². The second kappa shape index (κ2) is 4.52. The number of nitrogens with one attached hydrogen (secondary N) is 1. The van der Waals surface area contributed by atoms with Crippen molar-refractivity contribution in [3.05, 3.63) is 29.8 Å². The number of nitrogens with zero attached hydrogens (tertiary/aromatic N) is 2. The molecule has 0 atom stereocenters. The van der Waals surface area contributed by atoms with Crippen molar-refractivity contribution in [2.45, 2.75) is 18.4 Å². The monoisotopic (exact) mass is 257 g/mol. The summed E-state index contributed by atoms with van der Waals surface area (Å²) in [7, 11) is 0. The van der Waals surface area contributed by atoms with Gasteiger partial charge in [-0.1, -0.05) is 12.1 Å². The molecule has 1 saturated heterocycles. The molecule has 0 aromatic heterocycles. The third-order valence-electron chi connectivity index (χ3n) is 3.79. The maximum Gasteiger partial charge on any atom is 0.239 e. The van der Waals surface area contributed by atoms with Crippen LogP contribution in [-0.2, 0) is 15.1 Å². The number of carbonyl (C=O) groups is 1. The normalized spacial score (nSPS) is 20.4. The third-order valence-corrected chi connectivity index (χ3v) is 3.79. The van der Waals surface area contributed by atoms with Gasteiger partial charge >= 0.3 is 0 Å². The van der Waals surface area contributed by atoms with E-state index in [2.05, 4.69) is 10.3 Å². The van der Waals surface area contributed by atoms with Crippen LogP contribution in [0.15, 0.2) is 29.3 Å². The molecule has 1 aromatic rings. The van der Waals surface area contributed by atoms with E-state index in [1.165, 1.54) is 0 Å². The van der Waals surface area contributed by atoms with Crippen molar-refractivity contribution in [3.63, 3.8) is 0 Å². The van der Waals surface area contributed by atoms with Crippen molar-refractivity contribution in [3.8, 4) is 0 Å². The summed E-state index contributed by atoms with van der Waals surface area (Å²) in [6.45, 7) is 1.90. The summed E-state index contributed by atoms with van der Waals surface area (Å²) in [6.07, 6.45) is 3.49. The molecule has 5 heteroatoms. The standard InChI is InChI=1S/C14H15N3O2/c18-10-16-14(5-6-14)11-1-3-12(4-2-11)17-8-7-15-13(19)9-17/h1-4H,5-9H2,(H,15,19). The Labute approximate surface area is 111 Å². The Morgan fingerprint density at radius 2 is 2.00 bits per heavy atom. The first-order chi connectivity index (χ1) is 9.23. The molecule has 1 amide bonds. The zero-order valence-electron chi connectivity index (χ0n) is 10.6. The molecule has 5 nitrogen and oxygen atoms in total. The Morgan fingerprint density at radius 1 is 1.26 bits per heavy atom. The second-order valence-corrected chi connectivity index (χ2v) is 5.05. The van der Waals surface area contributed by atoms with Gasteiger partial charge in [0.25, 0.3) is 0 Å². The fraction of sp³-hybridized carbons (Fsp3) is 0.429. The SMILES string of the molecule is O=C=NC1(c2ccc(N3CCNC(=O)C3)cc2)CC1. The number of hydrogen-bond acceptors (Lipinski definition) is 4. The van der Waals surface area contributed by atoms with Crippen LogP contribution in [0.25, 0.3) is 0 Å². The molecule has 1 N–H and O–H groups in total. The molecule has 1 aromatic carbocycles. The van der Waals surface area contributed by atoms with E-state index < -0.39 is 0 Å². The van der Waals surface area contributed by atoms with E-state index in [0.29, 0.717) is 13.1 Å². The van der Waals surface area contributed by atoms with E-state index in [1.807, 2.05) is 29.2 Å². The molecule has 2 aliphatic rings. The van der Waals surface area contributed by atoms with Crippen LogP contribution < -0.4 is 10.2 Å². The van der Waals surface area contributed by atoms with Crippen molar-refractivity contribution in [1.82, 2.24) is 5.32 Å². The topological polar surface area (TPSA) is 61.8 Å². The van der Waals surface area contributed by atoms with Crippen LogP contribution in [0.4, 0.5) is 5.69 Å². The number of amides is 1. The number of hydrogen-bond donors (Lipinski definition) is 1. The van der Waals surface area contributed by atoms with Gasteiger partial charge in [-0.25, -0.2) is 4.79 Å². The summed E-state index contributed by atoms with van der Waals surface area (Å²) >= 11 is 0. The lowest BCUT2D eigenvalue weighted by Gasteiger charge is -2.28. The Bertz CT molecular complexity index is 542. The van der Waals surface area contributed by atoms with Crippen molar-refractivity contribution in [2.24, 2.45) is 4.99 Å². The lowest BCUT2D eigenvalue weighted by molar-refractivity contribution is -0.120. The van der Waals surface area contributed by atoms with Gasteiger partial charge in [-0.2, -0.15) is 4.99 Å². The van der Waals surface area contributed by atoms with Crippen LogP contribution >= 0.6 is 0 Å². The lowest BCUT2D eigenvalue weighted by atomic mass is 10.0. The Hall–Kier alpha value is -2.13. The molecule has 1 saturated carbocycles. The number of anilines is 1. The number of rotatable bonds is 3. The molecule has 98 valence electrons. The smallest absolute Gasteiger partial charge is 0.239 e. The molecule has 3 rings (SSSR count). The zero-order chi connectivity index (χ0) is 13.3. The predicted octanol–water partition coefficient (Wildman–Crippen LogP) is 0.948. The van der Waals surface area contributed by atoms with Crippen molar-refractivity contribution >= 4 is 17.7 Å². The Kier molecular flexibility index (Phi) is 2.84. The van der Waals surface area contributed by atoms with Crippen LogP contribution in [0, 0.1) is 0 Å². The summed E-state index contributed by atoms with van der Waals surface area (Å²) < 4.78 is 0. The maximum absolute atomic E-state index is 11.4. The molecule has 0 bridgehead atoms. The van der Waals surface area contributed by atoms with E-state index in [-0.39, 0.29) is 11.4 Å². The molecular weight excluding hydrogens is 242 g/mol. The number of isocyanates is 1. The number of aliphatic imine (C=N–C) groups is 1. The highest BCUT2D eigenvalue weighted by Crippen LogP contribution is 2.49. The average molecular weight is 257 g/mol. The van der Waals surface area contributed by atoms with Crippen LogP contribution in [0.5, 0.6) is 0 Å². The van der Waals surface area contributed by atoms with Gasteiger partial charge in [-0.15, -0.1) is 0 Å². The highest BCUT2D eigenvalue weighted by Gasteiger charge is 2.44. The second-order valence-electron chi connectivity index (χ2n) is 5.05. The van der Waals surface area contributed by atoms with Gasteiger partial charge in [0.1, 0.15) is 0 Å². The minimum Gasteiger partial charge on any atom is -0.360 e. The summed E-state index contributed by atoms with van der Waals surface area (Å²) in [4.78, 5) is 27.8. The third kappa shape index (κ3) is 2.25. The molecule has 1 aliphatic heterocycles. The van der Waals surface area contributed by atoms with Crippen LogP contribution in [0.3, 0.4) is 0 Å². The minimum atomic E-state index is -0.320. The quantitative estimate of drug-likeness (QED) is 0.647. The molecule has 19 heavy (non-hydrogen) atoms. The van der Waals surface area contributed by atoms with E-state index >= 15 is 0 Å². The van der Waals surface area contributed by atoms with Gasteiger partial charge in [0.15, 0.2) is 0 Å². The van der Waals surface area contributed by atoms with Gasteiger partial charge in [-0.3, -0.25) is 4.79 Å². The fourth-order valence-electron chi connectivity index (χ4n) is 2.51. The van der Waals surface area contributed by atoms with Gasteiger partial charge in [0.05, 0.1) is 12.1 Å². The summed E-state index contributed by atoms with van der Waals surface area (Å²) in [5.41, 5.74) is 1.77. The van der Waals surface area contributed by atoms with Gasteiger partial charge in [0.2, 0.25) is 12.0 Å². The van der Waals surface area contributed by atoms with E-state index in [4.69, 9.17) is 0 Å². The average Bonchev–Trinajstić information content (AvgIpc) is 3.20. The first-order valence-corrected chi connectivity index (χ1v) is 6.45. The van der Waals surface area contributed by atoms with Crippen molar-refractivity contribution < 1.29 is 9.59 Å². The van der Waals surface area contributed by atoms with Crippen molar-refractivity contribution in [2.75, 3.05) is 24.5 Å². The van der Waals surface area contributed by atoms with Gasteiger partial charge in [-0.05, 0) is 30.5 Å². The van der Waals surface area contributed by atoms with E-state index in [1.54, 1.807) is 6.08 Å². The molecular formula is C14H15N3O2. The number of carbonyl (C=O) groups excluding carboxylic acids is 2. The zero-order valence-corrected chi connectivity index (χ0v) is 10.6. The van der Waals surface area contributed by atoms with Gasteiger partial charge < -0.3 is 10.2 Å². The Balaban J connectivity index is 1.79. The fourth-order valence-corrected chi connectivity index (χ4v) is 2.51. The highest BCUT2D eigenvalue weighted by atomic mass is 16.2. The van der Waals surface area contributed by atoms with Crippen LogP contribution in [0.1, 0.15) is 18.4 Å². The Morgan fingerprint density at radius 3 is 2.58 bits per heavy atom. The molecule has 0 spiro atoms. The van der Waals surface area contributed by atoms with Crippen LogP contribution in [-0.4, -0.2) is 31.6 Å². The van der Waals surface area contributed by atoms with Crippen molar-refractivity contribution in [1.29, 1.82) is 0 Å². The summed E-state index contributed by atoms with van der Waals surface area (Å²) in [5.74, 6) is 0.0551. The minimum absolute atomic E-state index is 0.0551. The molecule has 1 aliphatic carbocycles.